The molecule has 0 aromatic carbocycles. The Labute approximate surface area is 176 Å². The van der Waals surface area contributed by atoms with Gasteiger partial charge in [-0.2, -0.15) is 0 Å². The van der Waals surface area contributed by atoms with Crippen molar-refractivity contribution in [2.75, 3.05) is 38.1 Å². The number of piperazine rings is 1. The highest BCUT2D eigenvalue weighted by Crippen LogP contribution is 2.31. The first-order valence-electron chi connectivity index (χ1n) is 10.7. The Kier molecular flexibility index (Phi) is 5.92. The number of pyridine rings is 1. The van der Waals surface area contributed by atoms with Gasteiger partial charge >= 0.3 is 0 Å². The van der Waals surface area contributed by atoms with Crippen molar-refractivity contribution in [1.29, 1.82) is 0 Å². The van der Waals surface area contributed by atoms with E-state index in [9.17, 15) is 9.59 Å². The summed E-state index contributed by atoms with van der Waals surface area (Å²) in [6, 6.07) is 7.64. The maximum atomic E-state index is 12.1. The molecule has 158 valence electrons. The Balaban J connectivity index is 1.38. The highest BCUT2D eigenvalue weighted by molar-refractivity contribution is 5.91. The minimum atomic E-state index is -0.225. The molecule has 2 aliphatic rings. The van der Waals surface area contributed by atoms with Crippen LogP contribution in [0.15, 0.2) is 29.1 Å². The molecule has 1 aliphatic heterocycles. The highest BCUT2D eigenvalue weighted by Gasteiger charge is 2.31. The minimum absolute atomic E-state index is 0.0561. The van der Waals surface area contributed by atoms with Crippen LogP contribution in [-0.2, 0) is 6.42 Å². The van der Waals surface area contributed by atoms with Crippen LogP contribution in [-0.4, -0.2) is 64.6 Å². The maximum Gasteiger partial charge on any atom is 0.271 e. The van der Waals surface area contributed by atoms with Crippen molar-refractivity contribution in [2.45, 2.75) is 38.5 Å². The molecule has 30 heavy (non-hydrogen) atoms. The summed E-state index contributed by atoms with van der Waals surface area (Å²) in [5.74, 6) is 0.988. The molecule has 3 heterocycles. The van der Waals surface area contributed by atoms with Gasteiger partial charge in [0.2, 0.25) is 0 Å². The molecule has 1 saturated heterocycles. The Hall–Kier alpha value is -3.03. The molecule has 0 radical (unpaired) electrons. The Morgan fingerprint density at radius 1 is 1.23 bits per heavy atom. The van der Waals surface area contributed by atoms with Crippen LogP contribution in [0.5, 0.6) is 0 Å². The highest BCUT2D eigenvalue weighted by atomic mass is 16.1. The third kappa shape index (κ3) is 4.13. The third-order valence-electron chi connectivity index (χ3n) is 6.26. The van der Waals surface area contributed by atoms with E-state index in [0.717, 1.165) is 68.9 Å². The van der Waals surface area contributed by atoms with Crippen LogP contribution in [0.3, 0.4) is 0 Å². The number of aromatic amines is 1. The van der Waals surface area contributed by atoms with Gasteiger partial charge in [-0.1, -0.05) is 13.0 Å². The van der Waals surface area contributed by atoms with Crippen LogP contribution in [0.2, 0.25) is 0 Å². The third-order valence-corrected chi connectivity index (χ3v) is 6.26. The summed E-state index contributed by atoms with van der Waals surface area (Å²) in [5.41, 5.74) is 3.79. The number of carbonyl (C=O) groups is 1. The zero-order valence-electron chi connectivity index (χ0n) is 17.6. The second-order valence-corrected chi connectivity index (χ2v) is 7.96. The van der Waals surface area contributed by atoms with Crippen LogP contribution >= 0.6 is 0 Å². The van der Waals surface area contributed by atoms with Crippen molar-refractivity contribution < 1.29 is 9.37 Å². The molecule has 1 amide bonds. The van der Waals surface area contributed by atoms with E-state index in [1.807, 2.05) is 19.1 Å². The number of nitrogens with one attached hydrogen (secondary N) is 2. The van der Waals surface area contributed by atoms with Crippen molar-refractivity contribution in [3.8, 4) is 0 Å². The van der Waals surface area contributed by atoms with Crippen molar-refractivity contribution in [1.82, 2.24) is 20.5 Å². The molecule has 4 rings (SSSR count). The second kappa shape index (κ2) is 8.77. The molecule has 2 aromatic rings. The molecule has 8 nitrogen and oxygen atoms in total. The summed E-state index contributed by atoms with van der Waals surface area (Å²) < 4.78 is 2.49. The average Bonchev–Trinajstić information content (AvgIpc) is 3.29. The van der Waals surface area contributed by atoms with Gasteiger partial charge in [0.05, 0.1) is 13.1 Å². The number of hydrogen-bond donors (Lipinski definition) is 2. The summed E-state index contributed by atoms with van der Waals surface area (Å²) in [7, 11) is 1.58. The van der Waals surface area contributed by atoms with E-state index in [1.54, 1.807) is 13.1 Å². The predicted molar refractivity (Wildman–Crippen MR) is 116 cm³/mol. The lowest BCUT2D eigenvalue weighted by atomic mass is 10.0. The standard InChI is InChI=1S/C22H28N6O2/c1-3-15-5-7-18(24-21(15)29)16-4-6-17(14-16)27-10-12-28(13-11-27)20-9-8-19(25-26-20)22(30)23-2/h5,7-9,16H,3-4,6,10-14H2,1-2H3,(H-,23,24,29,30)/p+1/t16-/m1/s1. The zero-order chi connectivity index (χ0) is 21.1. The average molecular weight is 410 g/mol. The number of rotatable bonds is 4. The Bertz CT molecular complexity index is 1000. The van der Waals surface area contributed by atoms with E-state index in [-0.39, 0.29) is 11.5 Å². The van der Waals surface area contributed by atoms with Crippen LogP contribution in [0, 0.1) is 0 Å². The predicted octanol–water partition coefficient (Wildman–Crippen LogP) is 1.33. The van der Waals surface area contributed by atoms with E-state index >= 15 is 0 Å². The lowest BCUT2D eigenvalue weighted by Gasteiger charge is -2.26. The molecular weight excluding hydrogens is 380 g/mol. The fourth-order valence-electron chi connectivity index (χ4n) is 4.41. The monoisotopic (exact) mass is 409 g/mol. The smallest absolute Gasteiger partial charge is 0.271 e. The van der Waals surface area contributed by atoms with Gasteiger partial charge in [-0.25, -0.2) is 4.58 Å². The molecule has 2 N–H and O–H groups in total. The lowest BCUT2D eigenvalue weighted by Crippen LogP contribution is -2.44. The van der Waals surface area contributed by atoms with Crippen LogP contribution in [0.4, 0.5) is 5.82 Å². The Morgan fingerprint density at radius 2 is 2.03 bits per heavy atom. The number of aryl methyl sites for hydroxylation is 1. The summed E-state index contributed by atoms with van der Waals surface area (Å²) in [6.45, 7) is 5.67. The minimum Gasteiger partial charge on any atom is -0.354 e. The summed E-state index contributed by atoms with van der Waals surface area (Å²) in [6.07, 6.45) is 3.95. The molecule has 8 heteroatoms. The first kappa shape index (κ1) is 20.3. The molecule has 0 unspecified atom stereocenters. The van der Waals surface area contributed by atoms with E-state index in [4.69, 9.17) is 0 Å². The van der Waals surface area contributed by atoms with Crippen LogP contribution in [0.1, 0.15) is 53.8 Å². The quantitative estimate of drug-likeness (QED) is 0.743. The van der Waals surface area contributed by atoms with Crippen molar-refractivity contribution >= 4 is 17.4 Å². The van der Waals surface area contributed by atoms with Gasteiger partial charge in [0, 0.05) is 37.1 Å². The number of carbonyl (C=O) groups excluding carboxylic acids is 1. The van der Waals surface area contributed by atoms with Crippen LogP contribution < -0.4 is 15.8 Å². The van der Waals surface area contributed by atoms with Crippen molar-refractivity contribution in [3.63, 3.8) is 0 Å². The van der Waals surface area contributed by atoms with Gasteiger partial charge < -0.3 is 15.2 Å². The summed E-state index contributed by atoms with van der Waals surface area (Å²) in [4.78, 5) is 29.1. The zero-order valence-corrected chi connectivity index (χ0v) is 17.6. The molecule has 0 bridgehead atoms. The fraction of sp³-hybridized carbons (Fsp3) is 0.500. The van der Waals surface area contributed by atoms with Gasteiger partial charge in [-0.15, -0.1) is 10.2 Å². The molecule has 2 aromatic heterocycles. The van der Waals surface area contributed by atoms with E-state index in [0.29, 0.717) is 11.6 Å². The van der Waals surface area contributed by atoms with E-state index in [1.165, 1.54) is 5.71 Å². The number of anilines is 1. The largest absolute Gasteiger partial charge is 0.354 e. The van der Waals surface area contributed by atoms with Gasteiger partial charge in [0.25, 0.3) is 11.5 Å². The second-order valence-electron chi connectivity index (χ2n) is 7.96. The molecule has 1 saturated carbocycles. The first-order chi connectivity index (χ1) is 14.6. The van der Waals surface area contributed by atoms with Gasteiger partial charge in [-0.3, -0.25) is 9.59 Å². The first-order valence-corrected chi connectivity index (χ1v) is 10.7. The molecule has 2 fully saturated rings. The number of H-pyrrole nitrogens is 1. The van der Waals surface area contributed by atoms with Gasteiger partial charge in [-0.05, 0) is 31.0 Å². The Morgan fingerprint density at radius 3 is 2.67 bits per heavy atom. The van der Waals surface area contributed by atoms with E-state index < -0.39 is 0 Å². The number of amides is 1. The maximum absolute atomic E-state index is 12.1. The fourth-order valence-corrected chi connectivity index (χ4v) is 4.41. The molecule has 1 atom stereocenters. The topological polar surface area (TPSA) is 94.0 Å². The number of nitrogens with zero attached hydrogens (tertiary/aromatic N) is 4. The summed E-state index contributed by atoms with van der Waals surface area (Å²) in [5, 5.41) is 10.8. The van der Waals surface area contributed by atoms with Crippen molar-refractivity contribution in [3.05, 3.63) is 51.6 Å². The number of hydrogen-bond acceptors (Lipinski definition) is 5. The van der Waals surface area contributed by atoms with Crippen LogP contribution in [0.25, 0.3) is 0 Å². The summed E-state index contributed by atoms with van der Waals surface area (Å²) >= 11 is 0. The van der Waals surface area contributed by atoms with Gasteiger partial charge in [0.1, 0.15) is 0 Å². The number of aromatic nitrogens is 3. The molecular formula is C22H29N6O2+. The normalized spacial score (nSPS) is 19.3. The van der Waals surface area contributed by atoms with Gasteiger partial charge in [0.15, 0.2) is 30.3 Å². The SMILES string of the molecule is CCc1ccc([C@@H]2CCC(=[N+]3CCN(c4ccc(C(=O)NC)nn4)CC3)C2)[nH]c1=O. The van der Waals surface area contributed by atoms with E-state index in [2.05, 4.69) is 36.0 Å². The lowest BCUT2D eigenvalue weighted by molar-refractivity contribution is -0.531. The van der Waals surface area contributed by atoms with Crippen molar-refractivity contribution in [2.24, 2.45) is 0 Å². The molecule has 0 spiro atoms. The molecule has 1 aliphatic carbocycles.